The maximum absolute atomic E-state index is 10.1. The summed E-state index contributed by atoms with van der Waals surface area (Å²) in [5.41, 5.74) is 6.96. The van der Waals surface area contributed by atoms with Gasteiger partial charge in [-0.05, 0) is 32.4 Å². The Morgan fingerprint density at radius 1 is 1.25 bits per heavy atom. The van der Waals surface area contributed by atoms with Crippen LogP contribution in [-0.2, 0) is 9.47 Å². The Balaban J connectivity index is 1.84. The van der Waals surface area contributed by atoms with Crippen molar-refractivity contribution in [3.63, 3.8) is 0 Å². The fourth-order valence-corrected chi connectivity index (χ4v) is 2.85. The molecular formula is C15H30N4O5. The van der Waals surface area contributed by atoms with Crippen molar-refractivity contribution in [1.29, 1.82) is 0 Å². The molecule has 24 heavy (non-hydrogen) atoms. The van der Waals surface area contributed by atoms with Crippen LogP contribution in [0.15, 0.2) is 11.9 Å². The van der Waals surface area contributed by atoms with Crippen molar-refractivity contribution in [2.75, 3.05) is 26.7 Å². The lowest BCUT2D eigenvalue weighted by Gasteiger charge is -2.41. The smallest absolute Gasteiger partial charge is 0.186 e. The molecule has 140 valence electrons. The van der Waals surface area contributed by atoms with E-state index in [0.29, 0.717) is 6.54 Å². The molecule has 0 aromatic rings. The third-order valence-electron chi connectivity index (χ3n) is 4.26. The number of methoxy groups -OCH3 is 1. The van der Waals surface area contributed by atoms with Crippen LogP contribution >= 0.6 is 0 Å². The number of aliphatic hydroxyl groups is 3. The SMILES string of the molecule is CCCNCCCC1=CNNN1CC1OC(OC)C(O)C(O)C1O. The van der Waals surface area contributed by atoms with Gasteiger partial charge in [0.25, 0.3) is 0 Å². The zero-order valence-corrected chi connectivity index (χ0v) is 14.3. The van der Waals surface area contributed by atoms with Gasteiger partial charge in [-0.25, -0.2) is 0 Å². The van der Waals surface area contributed by atoms with Gasteiger partial charge >= 0.3 is 0 Å². The second-order valence-electron chi connectivity index (χ2n) is 6.11. The first-order valence-electron chi connectivity index (χ1n) is 8.49. The molecule has 5 unspecified atom stereocenters. The molecule has 0 amide bonds. The number of ether oxygens (including phenoxy) is 2. The van der Waals surface area contributed by atoms with E-state index >= 15 is 0 Å². The fraction of sp³-hybridized carbons (Fsp3) is 0.867. The second-order valence-corrected chi connectivity index (χ2v) is 6.11. The van der Waals surface area contributed by atoms with Gasteiger partial charge in [-0.1, -0.05) is 6.92 Å². The molecule has 1 fully saturated rings. The summed E-state index contributed by atoms with van der Waals surface area (Å²) >= 11 is 0. The van der Waals surface area contributed by atoms with Crippen LogP contribution in [0, 0.1) is 0 Å². The average Bonchev–Trinajstić information content (AvgIpc) is 3.02. The number of rotatable bonds is 9. The lowest BCUT2D eigenvalue weighted by Crippen LogP contribution is -2.61. The van der Waals surface area contributed by atoms with Crippen LogP contribution in [-0.4, -0.2) is 77.8 Å². The minimum Gasteiger partial charge on any atom is -0.388 e. The van der Waals surface area contributed by atoms with E-state index in [2.05, 4.69) is 23.2 Å². The van der Waals surface area contributed by atoms with Crippen molar-refractivity contribution < 1.29 is 24.8 Å². The van der Waals surface area contributed by atoms with Gasteiger partial charge in [0, 0.05) is 19.0 Å². The number of allylic oxidation sites excluding steroid dienone is 1. The molecule has 0 spiro atoms. The number of aliphatic hydroxyl groups excluding tert-OH is 3. The third-order valence-corrected chi connectivity index (χ3v) is 4.26. The van der Waals surface area contributed by atoms with Gasteiger partial charge in [0.1, 0.15) is 24.4 Å². The quantitative estimate of drug-likeness (QED) is 0.274. The van der Waals surface area contributed by atoms with E-state index in [-0.39, 0.29) is 0 Å². The number of hydrogen-bond acceptors (Lipinski definition) is 9. The number of hydrogen-bond donors (Lipinski definition) is 6. The predicted octanol–water partition coefficient (Wildman–Crippen LogP) is -1.61. The minimum absolute atomic E-state index is 0.312. The topological polar surface area (TPSA) is 118 Å². The predicted molar refractivity (Wildman–Crippen MR) is 87.1 cm³/mol. The molecule has 1 saturated heterocycles. The van der Waals surface area contributed by atoms with Gasteiger partial charge in [-0.15, -0.1) is 5.53 Å². The zero-order valence-electron chi connectivity index (χ0n) is 14.3. The third kappa shape index (κ3) is 4.79. The Kier molecular flexibility index (Phi) is 7.69. The van der Waals surface area contributed by atoms with E-state index in [0.717, 1.165) is 38.0 Å². The van der Waals surface area contributed by atoms with E-state index in [1.54, 1.807) is 0 Å². The Labute approximate surface area is 142 Å². The molecular weight excluding hydrogens is 316 g/mol. The van der Waals surface area contributed by atoms with Gasteiger partial charge < -0.3 is 35.5 Å². The van der Waals surface area contributed by atoms with Crippen LogP contribution in [0.5, 0.6) is 0 Å². The molecule has 2 heterocycles. The fourth-order valence-electron chi connectivity index (χ4n) is 2.85. The van der Waals surface area contributed by atoms with Gasteiger partial charge in [0.15, 0.2) is 6.29 Å². The molecule has 9 nitrogen and oxygen atoms in total. The van der Waals surface area contributed by atoms with Gasteiger partial charge in [-0.2, -0.15) is 0 Å². The second kappa shape index (κ2) is 9.52. The summed E-state index contributed by atoms with van der Waals surface area (Å²) in [6.07, 6.45) is -0.600. The first-order valence-corrected chi connectivity index (χ1v) is 8.49. The molecule has 0 aromatic carbocycles. The maximum atomic E-state index is 10.1. The largest absolute Gasteiger partial charge is 0.388 e. The molecule has 2 rings (SSSR count). The summed E-state index contributed by atoms with van der Waals surface area (Å²) in [7, 11) is 1.39. The molecule has 5 atom stereocenters. The Hall–Kier alpha value is -0.940. The van der Waals surface area contributed by atoms with E-state index in [4.69, 9.17) is 9.47 Å². The highest BCUT2D eigenvalue weighted by atomic mass is 16.7. The van der Waals surface area contributed by atoms with E-state index in [1.165, 1.54) is 7.11 Å². The van der Waals surface area contributed by atoms with Gasteiger partial charge in [-0.3, -0.25) is 5.01 Å². The Bertz CT molecular complexity index is 409. The first-order chi connectivity index (χ1) is 11.6. The maximum Gasteiger partial charge on any atom is 0.186 e. The van der Waals surface area contributed by atoms with Crippen LogP contribution in [0.3, 0.4) is 0 Å². The number of hydrazine groups is 2. The molecule has 0 saturated carbocycles. The van der Waals surface area contributed by atoms with Crippen LogP contribution in [0.25, 0.3) is 0 Å². The molecule has 0 aromatic heterocycles. The van der Waals surface area contributed by atoms with Crippen molar-refractivity contribution in [2.45, 2.75) is 56.9 Å². The Morgan fingerprint density at radius 2 is 2.04 bits per heavy atom. The standard InChI is InChI=1S/C15H30N4O5/c1-3-6-16-7-4-5-10-8-17-18-19(10)9-11-12(20)13(21)14(22)15(23-2)24-11/h8,11-18,20-22H,3-7,9H2,1-2H3. The molecule has 0 radical (unpaired) electrons. The lowest BCUT2D eigenvalue weighted by atomic mass is 9.98. The first kappa shape index (κ1) is 19.4. The van der Waals surface area contributed by atoms with Gasteiger partial charge in [0.2, 0.25) is 0 Å². The van der Waals surface area contributed by atoms with Crippen LogP contribution < -0.4 is 16.3 Å². The van der Waals surface area contributed by atoms with E-state index < -0.39 is 30.7 Å². The number of nitrogens with zero attached hydrogens (tertiary/aromatic N) is 1. The van der Waals surface area contributed by atoms with E-state index in [1.807, 2.05) is 11.2 Å². The molecule has 2 aliphatic heterocycles. The summed E-state index contributed by atoms with van der Waals surface area (Å²) in [5, 5.41) is 35.1. The monoisotopic (exact) mass is 346 g/mol. The van der Waals surface area contributed by atoms with E-state index in [9.17, 15) is 15.3 Å². The molecule has 2 aliphatic rings. The summed E-state index contributed by atoms with van der Waals surface area (Å²) in [6, 6.07) is 0. The minimum atomic E-state index is -1.31. The highest BCUT2D eigenvalue weighted by Gasteiger charge is 2.44. The molecule has 9 heteroatoms. The highest BCUT2D eigenvalue weighted by molar-refractivity contribution is 5.04. The van der Waals surface area contributed by atoms with Crippen molar-refractivity contribution in [1.82, 2.24) is 21.3 Å². The van der Waals surface area contributed by atoms with Crippen LogP contribution in [0.4, 0.5) is 0 Å². The van der Waals surface area contributed by atoms with Gasteiger partial charge in [0.05, 0.1) is 6.54 Å². The summed E-state index contributed by atoms with van der Waals surface area (Å²) < 4.78 is 10.6. The van der Waals surface area contributed by atoms with Crippen molar-refractivity contribution >= 4 is 0 Å². The molecule has 0 bridgehead atoms. The van der Waals surface area contributed by atoms with Crippen LogP contribution in [0.2, 0.25) is 0 Å². The molecule has 6 N–H and O–H groups in total. The van der Waals surface area contributed by atoms with Crippen LogP contribution in [0.1, 0.15) is 26.2 Å². The highest BCUT2D eigenvalue weighted by Crippen LogP contribution is 2.24. The normalized spacial score (nSPS) is 33.5. The summed E-state index contributed by atoms with van der Waals surface area (Å²) in [6.45, 7) is 4.40. The summed E-state index contributed by atoms with van der Waals surface area (Å²) in [4.78, 5) is 0. The average molecular weight is 346 g/mol. The Morgan fingerprint density at radius 3 is 2.75 bits per heavy atom. The van der Waals surface area contributed by atoms with Crippen molar-refractivity contribution in [2.24, 2.45) is 0 Å². The zero-order chi connectivity index (χ0) is 17.5. The van der Waals surface area contributed by atoms with Crippen molar-refractivity contribution in [3.8, 4) is 0 Å². The molecule has 0 aliphatic carbocycles. The number of nitrogens with one attached hydrogen (secondary N) is 3. The summed E-state index contributed by atoms with van der Waals surface area (Å²) in [5.74, 6) is 0. The lowest BCUT2D eigenvalue weighted by molar-refractivity contribution is -0.291. The van der Waals surface area contributed by atoms with Crippen molar-refractivity contribution in [3.05, 3.63) is 11.9 Å².